The largest absolute Gasteiger partial charge is 0.355 e. The van der Waals surface area contributed by atoms with E-state index in [4.69, 9.17) is 4.52 Å². The molecule has 17 heavy (non-hydrogen) atoms. The maximum atomic E-state index is 11.4. The Balaban J connectivity index is 1.51. The molecular weight excluding hydrogens is 220 g/mol. The van der Waals surface area contributed by atoms with E-state index in [9.17, 15) is 4.79 Å². The Kier molecular flexibility index (Phi) is 4.08. The number of carbonyl (C=O) groups is 1. The molecule has 0 aliphatic heterocycles. The number of rotatable bonds is 7. The van der Waals surface area contributed by atoms with Crippen molar-refractivity contribution in [2.75, 3.05) is 19.6 Å². The van der Waals surface area contributed by atoms with Crippen molar-refractivity contribution < 1.29 is 9.32 Å². The van der Waals surface area contributed by atoms with Gasteiger partial charge in [0.05, 0.1) is 6.54 Å². The molecule has 1 aromatic heterocycles. The van der Waals surface area contributed by atoms with E-state index in [1.807, 2.05) is 0 Å². The number of aromatic nitrogens is 2. The van der Waals surface area contributed by atoms with Gasteiger partial charge < -0.3 is 15.2 Å². The van der Waals surface area contributed by atoms with Gasteiger partial charge in [-0.3, -0.25) is 4.79 Å². The van der Waals surface area contributed by atoms with Gasteiger partial charge in [0.15, 0.2) is 5.82 Å². The summed E-state index contributed by atoms with van der Waals surface area (Å²) >= 11 is 0. The van der Waals surface area contributed by atoms with Crippen LogP contribution in [0.4, 0.5) is 0 Å². The van der Waals surface area contributed by atoms with Gasteiger partial charge in [-0.25, -0.2) is 0 Å². The van der Waals surface area contributed by atoms with Crippen molar-refractivity contribution in [2.45, 2.75) is 26.2 Å². The van der Waals surface area contributed by atoms with Gasteiger partial charge in [0.1, 0.15) is 0 Å². The summed E-state index contributed by atoms with van der Waals surface area (Å²) in [5.41, 5.74) is 0. The zero-order chi connectivity index (χ0) is 12.1. The number of nitrogens with one attached hydrogen (secondary N) is 2. The Hall–Kier alpha value is -1.43. The van der Waals surface area contributed by atoms with Crippen LogP contribution in [0.25, 0.3) is 0 Å². The van der Waals surface area contributed by atoms with Crippen molar-refractivity contribution in [3.8, 4) is 0 Å². The summed E-state index contributed by atoms with van der Waals surface area (Å²) in [4.78, 5) is 15.4. The first-order valence-electron chi connectivity index (χ1n) is 6.00. The van der Waals surface area contributed by atoms with Crippen LogP contribution in [-0.2, 0) is 11.2 Å². The summed E-state index contributed by atoms with van der Waals surface area (Å²) < 4.78 is 4.96. The van der Waals surface area contributed by atoms with Crippen LogP contribution in [0.2, 0.25) is 0 Å². The number of hydrogen-bond donors (Lipinski definition) is 2. The summed E-state index contributed by atoms with van der Waals surface area (Å²) in [6, 6.07) is 0. The van der Waals surface area contributed by atoms with Crippen molar-refractivity contribution >= 4 is 5.91 Å². The second-order valence-electron chi connectivity index (χ2n) is 4.41. The standard InChI is InChI=1S/C11H18N4O2/c1-8-14-11(17-15-8)4-5-12-7-10(16)13-6-9-2-3-9/h9,12H,2-7H2,1H3,(H,13,16). The summed E-state index contributed by atoms with van der Waals surface area (Å²) in [6.45, 7) is 3.62. The Labute approximate surface area is 100 Å². The van der Waals surface area contributed by atoms with E-state index in [0.717, 1.165) is 12.5 Å². The van der Waals surface area contributed by atoms with Gasteiger partial charge in [0.2, 0.25) is 11.8 Å². The van der Waals surface area contributed by atoms with E-state index in [1.54, 1.807) is 6.92 Å². The minimum Gasteiger partial charge on any atom is -0.355 e. The van der Waals surface area contributed by atoms with Crippen molar-refractivity contribution in [3.63, 3.8) is 0 Å². The average molecular weight is 238 g/mol. The normalized spacial score (nSPS) is 14.9. The lowest BCUT2D eigenvalue weighted by molar-refractivity contribution is -0.120. The minimum atomic E-state index is 0.0543. The molecule has 0 radical (unpaired) electrons. The first-order valence-corrected chi connectivity index (χ1v) is 6.00. The molecule has 0 unspecified atom stereocenters. The van der Waals surface area contributed by atoms with E-state index in [0.29, 0.717) is 31.2 Å². The van der Waals surface area contributed by atoms with Crippen LogP contribution in [0.1, 0.15) is 24.6 Å². The lowest BCUT2D eigenvalue weighted by atomic mass is 10.4. The molecule has 0 bridgehead atoms. The third-order valence-corrected chi connectivity index (χ3v) is 2.66. The molecule has 0 aromatic carbocycles. The Morgan fingerprint density at radius 2 is 2.35 bits per heavy atom. The van der Waals surface area contributed by atoms with Crippen molar-refractivity contribution in [1.29, 1.82) is 0 Å². The molecule has 1 saturated carbocycles. The molecule has 0 saturated heterocycles. The first kappa shape index (κ1) is 12.0. The Morgan fingerprint density at radius 1 is 1.53 bits per heavy atom. The van der Waals surface area contributed by atoms with Gasteiger partial charge in [-0.1, -0.05) is 5.16 Å². The SMILES string of the molecule is Cc1noc(CCNCC(=O)NCC2CC2)n1. The van der Waals surface area contributed by atoms with Crippen LogP contribution in [0, 0.1) is 12.8 Å². The maximum absolute atomic E-state index is 11.4. The molecule has 1 aliphatic carbocycles. The highest BCUT2D eigenvalue weighted by Gasteiger charge is 2.21. The van der Waals surface area contributed by atoms with Crippen LogP contribution < -0.4 is 10.6 Å². The smallest absolute Gasteiger partial charge is 0.233 e. The molecule has 1 aromatic rings. The average Bonchev–Trinajstić information content (AvgIpc) is 3.05. The predicted octanol–water partition coefficient (Wildman–Crippen LogP) is 0.0363. The Morgan fingerprint density at radius 3 is 3.00 bits per heavy atom. The highest BCUT2D eigenvalue weighted by molar-refractivity contribution is 5.77. The molecule has 2 rings (SSSR count). The number of hydrogen-bond acceptors (Lipinski definition) is 5. The van der Waals surface area contributed by atoms with Crippen LogP contribution in [0.3, 0.4) is 0 Å². The van der Waals surface area contributed by atoms with Crippen molar-refractivity contribution in [1.82, 2.24) is 20.8 Å². The fourth-order valence-corrected chi connectivity index (χ4v) is 1.48. The number of aryl methyl sites for hydroxylation is 1. The number of carbonyl (C=O) groups excluding carboxylic acids is 1. The zero-order valence-electron chi connectivity index (χ0n) is 10.0. The van der Waals surface area contributed by atoms with Gasteiger partial charge in [0, 0.05) is 19.5 Å². The molecule has 94 valence electrons. The van der Waals surface area contributed by atoms with Gasteiger partial charge in [0.25, 0.3) is 0 Å². The molecule has 1 fully saturated rings. The minimum absolute atomic E-state index is 0.0543. The van der Waals surface area contributed by atoms with Gasteiger partial charge in [-0.2, -0.15) is 4.98 Å². The van der Waals surface area contributed by atoms with E-state index in [-0.39, 0.29) is 5.91 Å². The molecule has 0 spiro atoms. The van der Waals surface area contributed by atoms with Crippen LogP contribution >= 0.6 is 0 Å². The highest BCUT2D eigenvalue weighted by atomic mass is 16.5. The van der Waals surface area contributed by atoms with E-state index >= 15 is 0 Å². The molecule has 1 aliphatic rings. The fraction of sp³-hybridized carbons (Fsp3) is 0.727. The quantitative estimate of drug-likeness (QED) is 0.655. The van der Waals surface area contributed by atoms with E-state index < -0.39 is 0 Å². The summed E-state index contributed by atoms with van der Waals surface area (Å²) in [6.07, 6.45) is 3.16. The summed E-state index contributed by atoms with van der Waals surface area (Å²) in [7, 11) is 0. The molecule has 6 heteroatoms. The zero-order valence-corrected chi connectivity index (χ0v) is 10.0. The molecule has 2 N–H and O–H groups in total. The third-order valence-electron chi connectivity index (χ3n) is 2.66. The second kappa shape index (κ2) is 5.77. The second-order valence-corrected chi connectivity index (χ2v) is 4.41. The van der Waals surface area contributed by atoms with Crippen molar-refractivity contribution in [2.24, 2.45) is 5.92 Å². The topological polar surface area (TPSA) is 80.0 Å². The highest BCUT2D eigenvalue weighted by Crippen LogP contribution is 2.27. The third kappa shape index (κ3) is 4.52. The number of nitrogens with zero attached hydrogens (tertiary/aromatic N) is 2. The van der Waals surface area contributed by atoms with Crippen LogP contribution in [-0.4, -0.2) is 35.7 Å². The van der Waals surface area contributed by atoms with Crippen LogP contribution in [0.15, 0.2) is 4.52 Å². The summed E-state index contributed by atoms with van der Waals surface area (Å²) in [5.74, 6) is 2.02. The van der Waals surface area contributed by atoms with Gasteiger partial charge in [-0.15, -0.1) is 0 Å². The van der Waals surface area contributed by atoms with E-state index in [1.165, 1.54) is 12.8 Å². The molecule has 6 nitrogen and oxygen atoms in total. The van der Waals surface area contributed by atoms with Crippen molar-refractivity contribution in [3.05, 3.63) is 11.7 Å². The first-order chi connectivity index (χ1) is 8.24. The molecule has 0 atom stereocenters. The Bertz CT molecular complexity index is 373. The lowest BCUT2D eigenvalue weighted by Crippen LogP contribution is -2.35. The lowest BCUT2D eigenvalue weighted by Gasteiger charge is -2.04. The molecular formula is C11H18N4O2. The van der Waals surface area contributed by atoms with Gasteiger partial charge >= 0.3 is 0 Å². The maximum Gasteiger partial charge on any atom is 0.233 e. The number of amides is 1. The molecule has 1 amide bonds. The van der Waals surface area contributed by atoms with Crippen LogP contribution in [0.5, 0.6) is 0 Å². The van der Waals surface area contributed by atoms with E-state index in [2.05, 4.69) is 20.8 Å². The van der Waals surface area contributed by atoms with Gasteiger partial charge in [-0.05, 0) is 25.7 Å². The monoisotopic (exact) mass is 238 g/mol. The summed E-state index contributed by atoms with van der Waals surface area (Å²) in [5, 5.41) is 9.63. The predicted molar refractivity (Wildman–Crippen MR) is 61.3 cm³/mol. The fourth-order valence-electron chi connectivity index (χ4n) is 1.48. The molecule has 1 heterocycles.